The maximum Gasteiger partial charge on any atom is 0.255 e. The third-order valence-electron chi connectivity index (χ3n) is 3.84. The summed E-state index contributed by atoms with van der Waals surface area (Å²) in [5, 5.41) is 11.7. The normalized spacial score (nSPS) is 13.7. The summed E-state index contributed by atoms with van der Waals surface area (Å²) < 4.78 is 5.71. The van der Waals surface area contributed by atoms with Crippen molar-refractivity contribution in [2.24, 2.45) is 0 Å². The molecule has 2 aromatic carbocycles. The van der Waals surface area contributed by atoms with Gasteiger partial charge in [0.25, 0.3) is 5.91 Å². The highest BCUT2D eigenvalue weighted by Crippen LogP contribution is 2.40. The van der Waals surface area contributed by atoms with Crippen LogP contribution >= 0.6 is 0 Å². The first-order chi connectivity index (χ1) is 11.2. The highest BCUT2D eigenvalue weighted by Gasteiger charge is 2.28. The van der Waals surface area contributed by atoms with Gasteiger partial charge in [0.15, 0.2) is 11.5 Å². The summed E-state index contributed by atoms with van der Waals surface area (Å²) in [6.07, 6.45) is 2.26. The van der Waals surface area contributed by atoms with Crippen molar-refractivity contribution in [2.45, 2.75) is 18.8 Å². The van der Waals surface area contributed by atoms with Crippen LogP contribution in [0.4, 0.5) is 5.69 Å². The van der Waals surface area contributed by atoms with Gasteiger partial charge >= 0.3 is 0 Å². The molecule has 0 radical (unpaired) electrons. The van der Waals surface area contributed by atoms with Crippen LogP contribution in [0.1, 0.15) is 40.6 Å². The zero-order valence-corrected chi connectivity index (χ0v) is 12.2. The Morgan fingerprint density at radius 1 is 1.26 bits per heavy atom. The lowest BCUT2D eigenvalue weighted by Gasteiger charge is -2.05. The number of nitrogens with zero attached hydrogens (tertiary/aromatic N) is 2. The SMILES string of the molecule is N#Cc1cccc(C(=O)Nc2ccc3oc(C4CC4)nc3c2)c1. The van der Waals surface area contributed by atoms with E-state index in [2.05, 4.69) is 10.3 Å². The van der Waals surface area contributed by atoms with E-state index in [9.17, 15) is 4.79 Å². The van der Waals surface area contributed by atoms with Crippen LogP contribution in [0.2, 0.25) is 0 Å². The van der Waals surface area contributed by atoms with Crippen LogP contribution in [0.25, 0.3) is 11.1 Å². The van der Waals surface area contributed by atoms with Crippen LogP contribution in [0, 0.1) is 11.3 Å². The van der Waals surface area contributed by atoms with E-state index in [4.69, 9.17) is 9.68 Å². The molecular weight excluding hydrogens is 290 g/mol. The molecule has 1 saturated carbocycles. The van der Waals surface area contributed by atoms with Crippen LogP contribution in [0.5, 0.6) is 0 Å². The smallest absolute Gasteiger partial charge is 0.255 e. The molecule has 1 amide bonds. The van der Waals surface area contributed by atoms with Crippen molar-refractivity contribution in [1.82, 2.24) is 4.98 Å². The van der Waals surface area contributed by atoms with Crippen molar-refractivity contribution in [3.8, 4) is 6.07 Å². The largest absolute Gasteiger partial charge is 0.440 e. The Morgan fingerprint density at radius 2 is 2.13 bits per heavy atom. The number of nitriles is 1. The van der Waals surface area contributed by atoms with E-state index < -0.39 is 0 Å². The Morgan fingerprint density at radius 3 is 2.91 bits per heavy atom. The Kier molecular flexibility index (Phi) is 3.09. The average Bonchev–Trinajstić information content (AvgIpc) is 3.34. The van der Waals surface area contributed by atoms with Crippen molar-refractivity contribution in [1.29, 1.82) is 5.26 Å². The monoisotopic (exact) mass is 303 g/mol. The molecule has 1 aliphatic carbocycles. The quantitative estimate of drug-likeness (QED) is 0.797. The van der Waals surface area contributed by atoms with E-state index in [1.165, 1.54) is 0 Å². The number of hydrogen-bond donors (Lipinski definition) is 1. The number of rotatable bonds is 3. The average molecular weight is 303 g/mol. The van der Waals surface area contributed by atoms with Crippen molar-refractivity contribution in [3.05, 3.63) is 59.5 Å². The minimum absolute atomic E-state index is 0.257. The van der Waals surface area contributed by atoms with E-state index in [1.807, 2.05) is 12.1 Å². The molecule has 1 aromatic heterocycles. The van der Waals surface area contributed by atoms with E-state index in [0.29, 0.717) is 22.7 Å². The maximum atomic E-state index is 12.3. The first-order valence-electron chi connectivity index (χ1n) is 7.45. The second kappa shape index (κ2) is 5.25. The Balaban J connectivity index is 1.59. The lowest BCUT2D eigenvalue weighted by atomic mass is 10.1. The van der Waals surface area contributed by atoms with Crippen LogP contribution in [-0.4, -0.2) is 10.9 Å². The third-order valence-corrected chi connectivity index (χ3v) is 3.84. The second-order valence-electron chi connectivity index (χ2n) is 5.66. The van der Waals surface area contributed by atoms with Gasteiger partial charge in [-0.2, -0.15) is 5.26 Å². The van der Waals surface area contributed by atoms with Gasteiger partial charge in [-0.3, -0.25) is 4.79 Å². The summed E-state index contributed by atoms with van der Waals surface area (Å²) in [4.78, 5) is 16.8. The van der Waals surface area contributed by atoms with E-state index in [-0.39, 0.29) is 5.91 Å². The highest BCUT2D eigenvalue weighted by atomic mass is 16.3. The predicted octanol–water partition coefficient (Wildman–Crippen LogP) is 3.83. The number of fused-ring (bicyclic) bond motifs is 1. The highest BCUT2D eigenvalue weighted by molar-refractivity contribution is 6.05. The molecular formula is C18H13N3O2. The fourth-order valence-electron chi connectivity index (χ4n) is 2.46. The number of anilines is 1. The molecule has 4 rings (SSSR count). The van der Waals surface area contributed by atoms with Crippen molar-refractivity contribution < 1.29 is 9.21 Å². The number of hydrogen-bond acceptors (Lipinski definition) is 4. The summed E-state index contributed by atoms with van der Waals surface area (Å²) >= 11 is 0. The number of oxazole rings is 1. The van der Waals surface area contributed by atoms with Gasteiger partial charge in [-0.15, -0.1) is 0 Å². The van der Waals surface area contributed by atoms with Crippen molar-refractivity contribution in [2.75, 3.05) is 5.32 Å². The molecule has 112 valence electrons. The Labute approximate surface area is 132 Å². The molecule has 0 spiro atoms. The maximum absolute atomic E-state index is 12.3. The molecule has 1 N–H and O–H groups in total. The predicted molar refractivity (Wildman–Crippen MR) is 85.1 cm³/mol. The molecule has 1 heterocycles. The molecule has 1 aliphatic rings. The van der Waals surface area contributed by atoms with Crippen molar-refractivity contribution >= 4 is 22.7 Å². The lowest BCUT2D eigenvalue weighted by Crippen LogP contribution is -2.11. The van der Waals surface area contributed by atoms with Gasteiger partial charge in [0.05, 0.1) is 11.6 Å². The summed E-state index contributed by atoms with van der Waals surface area (Å²) in [6, 6.07) is 14.0. The standard InChI is InChI=1S/C18H13N3O2/c19-10-11-2-1-3-13(8-11)17(22)20-14-6-7-16-15(9-14)21-18(23-16)12-4-5-12/h1-3,6-9,12H,4-5H2,(H,20,22). The molecule has 1 fully saturated rings. The number of benzene rings is 2. The molecule has 5 heteroatoms. The molecule has 0 bridgehead atoms. The van der Waals surface area contributed by atoms with Gasteiger partial charge < -0.3 is 9.73 Å². The lowest BCUT2D eigenvalue weighted by molar-refractivity contribution is 0.102. The summed E-state index contributed by atoms with van der Waals surface area (Å²) in [5.41, 5.74) is 3.04. The van der Waals surface area contributed by atoms with Crippen LogP contribution in [0.15, 0.2) is 46.9 Å². The number of nitrogens with one attached hydrogen (secondary N) is 1. The van der Waals surface area contributed by atoms with Gasteiger partial charge in [-0.25, -0.2) is 4.98 Å². The number of carbonyl (C=O) groups excluding carboxylic acids is 1. The fourth-order valence-corrected chi connectivity index (χ4v) is 2.46. The number of carbonyl (C=O) groups is 1. The molecule has 5 nitrogen and oxygen atoms in total. The van der Waals surface area contributed by atoms with E-state index in [0.717, 1.165) is 29.8 Å². The van der Waals surface area contributed by atoms with Gasteiger partial charge in [0.1, 0.15) is 5.52 Å². The zero-order chi connectivity index (χ0) is 15.8. The van der Waals surface area contributed by atoms with Gasteiger partial charge in [0, 0.05) is 17.2 Å². The summed E-state index contributed by atoms with van der Waals surface area (Å²) in [6.45, 7) is 0. The zero-order valence-electron chi connectivity index (χ0n) is 12.2. The minimum atomic E-state index is -0.257. The Hall–Kier alpha value is -3.13. The van der Waals surface area contributed by atoms with Crippen LogP contribution < -0.4 is 5.32 Å². The minimum Gasteiger partial charge on any atom is -0.440 e. The van der Waals surface area contributed by atoms with Gasteiger partial charge in [-0.05, 0) is 49.2 Å². The summed E-state index contributed by atoms with van der Waals surface area (Å²) in [7, 11) is 0. The number of aromatic nitrogens is 1. The molecule has 0 saturated heterocycles. The molecule has 3 aromatic rings. The fraction of sp³-hybridized carbons (Fsp3) is 0.167. The van der Waals surface area contributed by atoms with Crippen LogP contribution in [0.3, 0.4) is 0 Å². The van der Waals surface area contributed by atoms with Crippen LogP contribution in [-0.2, 0) is 0 Å². The summed E-state index contributed by atoms with van der Waals surface area (Å²) in [5.74, 6) is 0.978. The number of amides is 1. The topological polar surface area (TPSA) is 78.9 Å². The second-order valence-corrected chi connectivity index (χ2v) is 5.66. The van der Waals surface area contributed by atoms with Gasteiger partial charge in [-0.1, -0.05) is 6.07 Å². The third kappa shape index (κ3) is 2.67. The molecule has 0 unspecified atom stereocenters. The molecule has 0 atom stereocenters. The van der Waals surface area contributed by atoms with E-state index in [1.54, 1.807) is 36.4 Å². The van der Waals surface area contributed by atoms with Gasteiger partial charge in [0.2, 0.25) is 0 Å². The first kappa shape index (κ1) is 13.5. The molecule has 23 heavy (non-hydrogen) atoms. The first-order valence-corrected chi connectivity index (χ1v) is 7.45. The van der Waals surface area contributed by atoms with E-state index >= 15 is 0 Å². The van der Waals surface area contributed by atoms with Crippen molar-refractivity contribution in [3.63, 3.8) is 0 Å². The Bertz CT molecular complexity index is 948. The molecule has 0 aliphatic heterocycles.